The molecular weight excluding hydrogens is 363 g/mol. The molecule has 0 spiro atoms. The number of rotatable bonds is 5. The van der Waals surface area contributed by atoms with Gasteiger partial charge in [0, 0.05) is 12.2 Å². The molecule has 0 aliphatic heterocycles. The van der Waals surface area contributed by atoms with Crippen molar-refractivity contribution in [3.8, 4) is 5.75 Å². The Kier molecular flexibility index (Phi) is 6.57. The van der Waals surface area contributed by atoms with Gasteiger partial charge in [-0.25, -0.2) is 0 Å². The van der Waals surface area contributed by atoms with E-state index in [-0.39, 0.29) is 6.61 Å². The highest BCUT2D eigenvalue weighted by Crippen LogP contribution is 2.21. The lowest BCUT2D eigenvalue weighted by Gasteiger charge is -2.09. The van der Waals surface area contributed by atoms with Crippen molar-refractivity contribution in [2.75, 3.05) is 20.3 Å². The van der Waals surface area contributed by atoms with Crippen LogP contribution in [0.25, 0.3) is 0 Å². The molecule has 0 radical (unpaired) electrons. The van der Waals surface area contributed by atoms with Crippen LogP contribution in [0.2, 0.25) is 0 Å². The fourth-order valence-electron chi connectivity index (χ4n) is 1.24. The molecule has 0 fully saturated rings. The lowest BCUT2D eigenvalue weighted by atomic mass is 10.2. The first-order valence-corrected chi connectivity index (χ1v) is 6.66. The Balaban J connectivity index is 2.54. The zero-order chi connectivity index (χ0) is 14.3. The Bertz CT molecular complexity index is 465. The summed E-state index contributed by atoms with van der Waals surface area (Å²) in [5.74, 6) is -0.110. The first-order chi connectivity index (χ1) is 9.08. The van der Waals surface area contributed by atoms with Gasteiger partial charge in [0.2, 0.25) is 0 Å². The normalized spacial score (nSPS) is 9.84. The van der Waals surface area contributed by atoms with Crippen LogP contribution in [-0.4, -0.2) is 32.1 Å². The summed E-state index contributed by atoms with van der Waals surface area (Å²) in [5.41, 5.74) is 5.01. The molecule has 0 saturated carbocycles. The van der Waals surface area contributed by atoms with Gasteiger partial charge >= 0.3 is 0 Å². The van der Waals surface area contributed by atoms with Crippen molar-refractivity contribution < 1.29 is 19.1 Å². The number of nitrogens with one attached hydrogen (secondary N) is 2. The predicted octanol–water partition coefficient (Wildman–Crippen LogP) is 1.10. The second-order valence-corrected chi connectivity index (χ2v) is 4.65. The van der Waals surface area contributed by atoms with Crippen molar-refractivity contribution in [1.82, 2.24) is 10.9 Å². The number of hydrazine groups is 1. The minimum Gasteiger partial charge on any atom is -0.496 e. The van der Waals surface area contributed by atoms with Crippen molar-refractivity contribution in [1.29, 1.82) is 0 Å². The SMILES string of the molecule is CCOCC(=O)NNC(=O)c1ccc(OC)c(I)c1. The molecule has 0 atom stereocenters. The van der Waals surface area contributed by atoms with E-state index in [4.69, 9.17) is 9.47 Å². The van der Waals surface area contributed by atoms with Crippen LogP contribution in [0.5, 0.6) is 5.75 Å². The molecule has 19 heavy (non-hydrogen) atoms. The largest absolute Gasteiger partial charge is 0.496 e. The smallest absolute Gasteiger partial charge is 0.269 e. The van der Waals surface area contributed by atoms with Crippen LogP contribution in [0.4, 0.5) is 0 Å². The molecule has 0 heterocycles. The maximum absolute atomic E-state index is 11.8. The molecule has 0 aromatic heterocycles. The van der Waals surface area contributed by atoms with Crippen LogP contribution in [-0.2, 0) is 9.53 Å². The number of ether oxygens (including phenoxy) is 2. The summed E-state index contributed by atoms with van der Waals surface area (Å²) >= 11 is 2.07. The van der Waals surface area contributed by atoms with Gasteiger partial charge in [-0.05, 0) is 47.7 Å². The number of halogens is 1. The third-order valence-electron chi connectivity index (χ3n) is 2.17. The van der Waals surface area contributed by atoms with Gasteiger partial charge in [-0.15, -0.1) is 0 Å². The van der Waals surface area contributed by atoms with Crippen LogP contribution >= 0.6 is 22.6 Å². The van der Waals surface area contributed by atoms with E-state index in [1.54, 1.807) is 32.2 Å². The number of hydrogen-bond donors (Lipinski definition) is 2. The van der Waals surface area contributed by atoms with Crippen LogP contribution in [0.1, 0.15) is 17.3 Å². The summed E-state index contributed by atoms with van der Waals surface area (Å²) < 4.78 is 10.8. The summed E-state index contributed by atoms with van der Waals surface area (Å²) in [6.07, 6.45) is 0. The van der Waals surface area contributed by atoms with E-state index in [2.05, 4.69) is 33.4 Å². The van der Waals surface area contributed by atoms with Gasteiger partial charge in [-0.3, -0.25) is 20.4 Å². The van der Waals surface area contributed by atoms with Crippen LogP contribution in [0.15, 0.2) is 18.2 Å². The molecule has 2 N–H and O–H groups in total. The minimum atomic E-state index is -0.404. The summed E-state index contributed by atoms with van der Waals surface area (Å²) in [4.78, 5) is 23.0. The Morgan fingerprint density at radius 2 is 2.05 bits per heavy atom. The van der Waals surface area contributed by atoms with Crippen molar-refractivity contribution in [3.63, 3.8) is 0 Å². The first kappa shape index (κ1) is 15.7. The number of amides is 2. The molecule has 0 bridgehead atoms. The molecule has 0 aliphatic rings. The highest BCUT2D eigenvalue weighted by atomic mass is 127. The number of methoxy groups -OCH3 is 1. The molecule has 104 valence electrons. The molecule has 1 aromatic carbocycles. The number of carbonyl (C=O) groups excluding carboxylic acids is 2. The fourth-order valence-corrected chi connectivity index (χ4v) is 1.97. The molecule has 0 unspecified atom stereocenters. The Hall–Kier alpha value is -1.35. The lowest BCUT2D eigenvalue weighted by Crippen LogP contribution is -2.43. The average molecular weight is 378 g/mol. The fraction of sp³-hybridized carbons (Fsp3) is 0.333. The summed E-state index contributed by atoms with van der Waals surface area (Å²) in [5, 5.41) is 0. The van der Waals surface area contributed by atoms with Crippen molar-refractivity contribution in [2.24, 2.45) is 0 Å². The lowest BCUT2D eigenvalue weighted by molar-refractivity contribution is -0.126. The average Bonchev–Trinajstić information content (AvgIpc) is 2.42. The van der Waals surface area contributed by atoms with E-state index in [9.17, 15) is 9.59 Å². The topological polar surface area (TPSA) is 76.7 Å². The van der Waals surface area contributed by atoms with Crippen molar-refractivity contribution in [2.45, 2.75) is 6.92 Å². The number of benzene rings is 1. The molecule has 0 aliphatic carbocycles. The van der Waals surface area contributed by atoms with E-state index < -0.39 is 11.8 Å². The monoisotopic (exact) mass is 378 g/mol. The van der Waals surface area contributed by atoms with Gasteiger partial charge in [-0.1, -0.05) is 0 Å². The van der Waals surface area contributed by atoms with Crippen LogP contribution in [0, 0.1) is 3.57 Å². The third kappa shape index (κ3) is 5.03. The second kappa shape index (κ2) is 7.95. The molecule has 0 saturated heterocycles. The molecule has 2 amide bonds. The number of hydrogen-bond acceptors (Lipinski definition) is 4. The molecule has 1 aromatic rings. The maximum atomic E-state index is 11.8. The summed E-state index contributed by atoms with van der Waals surface area (Å²) in [7, 11) is 1.56. The maximum Gasteiger partial charge on any atom is 0.269 e. The van der Waals surface area contributed by atoms with Gasteiger partial charge in [-0.2, -0.15) is 0 Å². The number of carbonyl (C=O) groups is 2. The zero-order valence-corrected chi connectivity index (χ0v) is 12.8. The highest BCUT2D eigenvalue weighted by Gasteiger charge is 2.09. The molecule has 6 nitrogen and oxygen atoms in total. The Morgan fingerprint density at radius 3 is 2.63 bits per heavy atom. The van der Waals surface area contributed by atoms with E-state index in [1.165, 1.54) is 0 Å². The van der Waals surface area contributed by atoms with Crippen molar-refractivity contribution >= 4 is 34.4 Å². The molecular formula is C12H15IN2O4. The zero-order valence-electron chi connectivity index (χ0n) is 10.7. The predicted molar refractivity (Wildman–Crippen MR) is 77.8 cm³/mol. The molecule has 1 rings (SSSR count). The summed E-state index contributed by atoms with van der Waals surface area (Å²) in [6, 6.07) is 4.98. The van der Waals surface area contributed by atoms with Gasteiger partial charge in [0.1, 0.15) is 12.4 Å². The second-order valence-electron chi connectivity index (χ2n) is 3.49. The Labute approximate surface area is 125 Å². The summed E-state index contributed by atoms with van der Waals surface area (Å²) in [6.45, 7) is 2.14. The van der Waals surface area contributed by atoms with Crippen LogP contribution < -0.4 is 15.6 Å². The van der Waals surface area contributed by atoms with E-state index in [0.717, 1.165) is 3.57 Å². The van der Waals surface area contributed by atoms with Crippen LogP contribution in [0.3, 0.4) is 0 Å². The molecule has 7 heteroatoms. The third-order valence-corrected chi connectivity index (χ3v) is 3.01. The minimum absolute atomic E-state index is 0.0864. The van der Waals surface area contributed by atoms with Gasteiger partial charge in [0.15, 0.2) is 0 Å². The van der Waals surface area contributed by atoms with E-state index in [1.807, 2.05) is 0 Å². The highest BCUT2D eigenvalue weighted by molar-refractivity contribution is 14.1. The van der Waals surface area contributed by atoms with Gasteiger partial charge in [0.25, 0.3) is 11.8 Å². The van der Waals surface area contributed by atoms with E-state index >= 15 is 0 Å². The Morgan fingerprint density at radius 1 is 1.32 bits per heavy atom. The van der Waals surface area contributed by atoms with Crippen molar-refractivity contribution in [3.05, 3.63) is 27.3 Å². The standard InChI is InChI=1S/C12H15IN2O4/c1-3-19-7-11(16)14-15-12(17)8-4-5-10(18-2)9(13)6-8/h4-6H,3,7H2,1-2H3,(H,14,16)(H,15,17). The van der Waals surface area contributed by atoms with Gasteiger partial charge in [0.05, 0.1) is 10.7 Å². The van der Waals surface area contributed by atoms with E-state index in [0.29, 0.717) is 17.9 Å². The quantitative estimate of drug-likeness (QED) is 0.594. The first-order valence-electron chi connectivity index (χ1n) is 5.59. The van der Waals surface area contributed by atoms with Gasteiger partial charge < -0.3 is 9.47 Å².